The number of nitrogens with one attached hydrogen (secondary N) is 1. The molecule has 1 aliphatic rings. The molecule has 0 saturated carbocycles. The van der Waals surface area contributed by atoms with Crippen LogP contribution in [-0.2, 0) is 10.2 Å². The summed E-state index contributed by atoms with van der Waals surface area (Å²) in [6, 6.07) is 8.37. The predicted octanol–water partition coefficient (Wildman–Crippen LogP) is 2.64. The normalized spacial score (nSPS) is 27.1. The molecule has 1 amide bonds. The first-order valence-electron chi connectivity index (χ1n) is 6.60. The zero-order chi connectivity index (χ0) is 13.2. The highest BCUT2D eigenvalue weighted by Crippen LogP contribution is 2.40. The topological polar surface area (TPSA) is 38.3 Å². The van der Waals surface area contributed by atoms with E-state index in [9.17, 15) is 4.79 Å². The van der Waals surface area contributed by atoms with Gasteiger partial charge in [-0.2, -0.15) is 0 Å². The van der Waals surface area contributed by atoms with E-state index in [-0.39, 0.29) is 17.4 Å². The molecule has 0 spiro atoms. The van der Waals surface area contributed by atoms with Gasteiger partial charge in [0.05, 0.1) is 7.11 Å². The SMILES string of the molecule is CCC1NC(=O)CC1(CC)c1ccc(OC)cc1. The minimum Gasteiger partial charge on any atom is -0.497 e. The van der Waals surface area contributed by atoms with Gasteiger partial charge in [0, 0.05) is 17.9 Å². The standard InChI is InChI=1S/C15H21NO2/c1-4-13-15(5-2,10-14(17)16-13)11-6-8-12(18-3)9-7-11/h6-9,13H,4-5,10H2,1-3H3,(H,16,17). The fourth-order valence-corrected chi connectivity index (χ4v) is 3.09. The van der Waals surface area contributed by atoms with E-state index >= 15 is 0 Å². The van der Waals surface area contributed by atoms with Gasteiger partial charge in [0.1, 0.15) is 5.75 Å². The van der Waals surface area contributed by atoms with Crippen molar-refractivity contribution in [3.05, 3.63) is 29.8 Å². The number of ether oxygens (including phenoxy) is 1. The molecule has 1 aliphatic heterocycles. The lowest BCUT2D eigenvalue weighted by Gasteiger charge is -2.33. The lowest BCUT2D eigenvalue weighted by molar-refractivity contribution is -0.119. The van der Waals surface area contributed by atoms with Crippen LogP contribution in [0.25, 0.3) is 0 Å². The minimum absolute atomic E-state index is 0.0574. The molecule has 1 aromatic carbocycles. The summed E-state index contributed by atoms with van der Waals surface area (Å²) in [5, 5.41) is 3.10. The third-order valence-electron chi connectivity index (χ3n) is 4.18. The summed E-state index contributed by atoms with van der Waals surface area (Å²) in [7, 11) is 1.67. The van der Waals surface area contributed by atoms with Crippen molar-refractivity contribution < 1.29 is 9.53 Å². The van der Waals surface area contributed by atoms with Gasteiger partial charge in [-0.25, -0.2) is 0 Å². The Labute approximate surface area is 109 Å². The molecule has 0 aromatic heterocycles. The number of hydrogen-bond donors (Lipinski definition) is 1. The van der Waals surface area contributed by atoms with E-state index in [1.54, 1.807) is 7.11 Å². The molecule has 1 saturated heterocycles. The van der Waals surface area contributed by atoms with Crippen LogP contribution in [0.4, 0.5) is 0 Å². The summed E-state index contributed by atoms with van der Waals surface area (Å²) >= 11 is 0. The summed E-state index contributed by atoms with van der Waals surface area (Å²) in [5.74, 6) is 1.02. The number of carbonyl (C=O) groups excluding carboxylic acids is 1. The third-order valence-corrected chi connectivity index (χ3v) is 4.18. The van der Waals surface area contributed by atoms with Crippen molar-refractivity contribution in [2.75, 3.05) is 7.11 Å². The van der Waals surface area contributed by atoms with E-state index in [1.807, 2.05) is 12.1 Å². The van der Waals surface area contributed by atoms with Crippen LogP contribution in [0.3, 0.4) is 0 Å². The Balaban J connectivity index is 2.39. The van der Waals surface area contributed by atoms with Gasteiger partial charge in [-0.15, -0.1) is 0 Å². The van der Waals surface area contributed by atoms with Gasteiger partial charge < -0.3 is 10.1 Å². The maximum Gasteiger partial charge on any atom is 0.221 e. The number of methoxy groups -OCH3 is 1. The van der Waals surface area contributed by atoms with Crippen LogP contribution >= 0.6 is 0 Å². The highest BCUT2D eigenvalue weighted by atomic mass is 16.5. The Morgan fingerprint density at radius 1 is 1.33 bits per heavy atom. The van der Waals surface area contributed by atoms with Gasteiger partial charge in [0.2, 0.25) is 5.91 Å². The highest BCUT2D eigenvalue weighted by Gasteiger charge is 2.45. The van der Waals surface area contributed by atoms with E-state index in [0.717, 1.165) is 18.6 Å². The van der Waals surface area contributed by atoms with Crippen molar-refractivity contribution in [1.29, 1.82) is 0 Å². The monoisotopic (exact) mass is 247 g/mol. The molecule has 1 aromatic rings. The van der Waals surface area contributed by atoms with Crippen molar-refractivity contribution in [3.63, 3.8) is 0 Å². The quantitative estimate of drug-likeness (QED) is 0.888. The van der Waals surface area contributed by atoms with Gasteiger partial charge in [0.25, 0.3) is 0 Å². The summed E-state index contributed by atoms with van der Waals surface area (Å²) in [6.45, 7) is 4.29. The minimum atomic E-state index is -0.0574. The van der Waals surface area contributed by atoms with Crippen LogP contribution in [-0.4, -0.2) is 19.1 Å². The van der Waals surface area contributed by atoms with Crippen LogP contribution in [0.2, 0.25) is 0 Å². The number of hydrogen-bond acceptors (Lipinski definition) is 2. The molecule has 2 rings (SSSR count). The van der Waals surface area contributed by atoms with E-state index in [1.165, 1.54) is 5.56 Å². The molecule has 98 valence electrons. The Morgan fingerprint density at radius 3 is 2.50 bits per heavy atom. The third kappa shape index (κ3) is 1.98. The van der Waals surface area contributed by atoms with Crippen molar-refractivity contribution in [1.82, 2.24) is 5.32 Å². The zero-order valence-corrected chi connectivity index (χ0v) is 11.3. The predicted molar refractivity (Wildman–Crippen MR) is 71.8 cm³/mol. The molecule has 18 heavy (non-hydrogen) atoms. The molecule has 2 atom stereocenters. The van der Waals surface area contributed by atoms with Crippen LogP contribution in [0.15, 0.2) is 24.3 Å². The average molecular weight is 247 g/mol. The van der Waals surface area contributed by atoms with Gasteiger partial charge in [-0.1, -0.05) is 26.0 Å². The van der Waals surface area contributed by atoms with E-state index in [4.69, 9.17) is 4.74 Å². The van der Waals surface area contributed by atoms with Gasteiger partial charge in [-0.05, 0) is 30.5 Å². The summed E-state index contributed by atoms with van der Waals surface area (Å²) < 4.78 is 5.19. The molecule has 0 aliphatic carbocycles. The summed E-state index contributed by atoms with van der Waals surface area (Å²) in [4.78, 5) is 11.7. The van der Waals surface area contributed by atoms with E-state index in [0.29, 0.717) is 6.42 Å². The lowest BCUT2D eigenvalue weighted by Crippen LogP contribution is -2.39. The second-order valence-corrected chi connectivity index (χ2v) is 4.94. The Bertz CT molecular complexity index is 427. The van der Waals surface area contributed by atoms with E-state index in [2.05, 4.69) is 31.3 Å². The first-order valence-corrected chi connectivity index (χ1v) is 6.60. The highest BCUT2D eigenvalue weighted by molar-refractivity contribution is 5.81. The van der Waals surface area contributed by atoms with Crippen LogP contribution in [0.5, 0.6) is 5.75 Å². The van der Waals surface area contributed by atoms with Crippen molar-refractivity contribution in [3.8, 4) is 5.75 Å². The molecule has 0 bridgehead atoms. The molecule has 1 heterocycles. The first-order chi connectivity index (χ1) is 8.66. The largest absolute Gasteiger partial charge is 0.497 e. The van der Waals surface area contributed by atoms with E-state index < -0.39 is 0 Å². The van der Waals surface area contributed by atoms with Crippen molar-refractivity contribution in [2.24, 2.45) is 0 Å². The molecule has 3 nitrogen and oxygen atoms in total. The van der Waals surface area contributed by atoms with Gasteiger partial charge >= 0.3 is 0 Å². The van der Waals surface area contributed by atoms with Crippen molar-refractivity contribution >= 4 is 5.91 Å². The number of amides is 1. The maximum atomic E-state index is 11.7. The Morgan fingerprint density at radius 2 is 2.00 bits per heavy atom. The van der Waals surface area contributed by atoms with Gasteiger partial charge in [-0.3, -0.25) is 4.79 Å². The second-order valence-electron chi connectivity index (χ2n) is 4.94. The lowest BCUT2D eigenvalue weighted by atomic mass is 9.71. The first kappa shape index (κ1) is 12.9. The fourth-order valence-electron chi connectivity index (χ4n) is 3.09. The van der Waals surface area contributed by atoms with Crippen LogP contribution in [0, 0.1) is 0 Å². The second kappa shape index (κ2) is 5.01. The maximum absolute atomic E-state index is 11.7. The molecule has 0 radical (unpaired) electrons. The average Bonchev–Trinajstić information content (AvgIpc) is 2.76. The van der Waals surface area contributed by atoms with Crippen molar-refractivity contribution in [2.45, 2.75) is 44.6 Å². The van der Waals surface area contributed by atoms with Gasteiger partial charge in [0.15, 0.2) is 0 Å². The smallest absolute Gasteiger partial charge is 0.221 e. The zero-order valence-electron chi connectivity index (χ0n) is 11.3. The molecule has 3 heteroatoms. The number of rotatable bonds is 4. The molecular formula is C15H21NO2. The van der Waals surface area contributed by atoms with Crippen LogP contribution in [0.1, 0.15) is 38.7 Å². The Hall–Kier alpha value is -1.51. The summed E-state index contributed by atoms with van der Waals surface area (Å²) in [6.07, 6.45) is 2.52. The fraction of sp³-hybridized carbons (Fsp3) is 0.533. The number of benzene rings is 1. The molecule has 2 unspecified atom stereocenters. The Kier molecular flexibility index (Phi) is 3.60. The number of carbonyl (C=O) groups is 1. The summed E-state index contributed by atoms with van der Waals surface area (Å²) in [5.41, 5.74) is 1.17. The molecule has 1 N–H and O–H groups in total. The molecule has 1 fully saturated rings. The molecular weight excluding hydrogens is 226 g/mol. The van der Waals surface area contributed by atoms with Crippen LogP contribution < -0.4 is 10.1 Å².